The van der Waals surface area contributed by atoms with E-state index in [4.69, 9.17) is 4.99 Å². The Bertz CT molecular complexity index is 1100. The van der Waals surface area contributed by atoms with Crippen molar-refractivity contribution in [3.63, 3.8) is 0 Å². The molecule has 4 rings (SSSR count). The van der Waals surface area contributed by atoms with Crippen molar-refractivity contribution in [2.45, 2.75) is 26.4 Å². The molecule has 1 aliphatic heterocycles. The molecule has 4 nitrogen and oxygen atoms in total. The number of nitrogens with zero attached hydrogens (tertiary/aromatic N) is 3. The van der Waals surface area contributed by atoms with Crippen molar-refractivity contribution >= 4 is 16.8 Å². The minimum atomic E-state index is -0.0538. The van der Waals surface area contributed by atoms with E-state index in [2.05, 4.69) is 36.3 Å². The summed E-state index contributed by atoms with van der Waals surface area (Å²) in [6.07, 6.45) is 2.10. The van der Waals surface area contributed by atoms with Gasteiger partial charge in [0, 0.05) is 5.39 Å². The molecule has 3 aromatic rings. The average Bonchev–Trinajstić information content (AvgIpc) is 2.94. The molecule has 2 aromatic carbocycles. The highest BCUT2D eigenvalue weighted by molar-refractivity contribution is 5.83. The Balaban J connectivity index is 1.77. The van der Waals surface area contributed by atoms with Gasteiger partial charge in [-0.15, -0.1) is 0 Å². The van der Waals surface area contributed by atoms with Gasteiger partial charge in [0.2, 0.25) is 0 Å². The van der Waals surface area contributed by atoms with Gasteiger partial charge >= 0.3 is 0 Å². The van der Waals surface area contributed by atoms with E-state index in [1.165, 1.54) is 5.56 Å². The molecule has 0 spiro atoms. The monoisotopic (exact) mass is 303 g/mol. The summed E-state index contributed by atoms with van der Waals surface area (Å²) >= 11 is 0. The summed E-state index contributed by atoms with van der Waals surface area (Å²) in [5.41, 5.74) is 2.01. The topological polar surface area (TPSA) is 47.2 Å². The molecule has 1 aliphatic rings. The van der Waals surface area contributed by atoms with Gasteiger partial charge in [0.05, 0.1) is 29.0 Å². The van der Waals surface area contributed by atoms with Crippen molar-refractivity contribution in [2.24, 2.45) is 4.99 Å². The maximum absolute atomic E-state index is 12.6. The fraction of sp³-hybridized carbons (Fsp3) is 0.211. The van der Waals surface area contributed by atoms with Gasteiger partial charge in [0.1, 0.15) is 0 Å². The minimum Gasteiger partial charge on any atom is -0.275 e. The van der Waals surface area contributed by atoms with Gasteiger partial charge in [-0.3, -0.25) is 9.79 Å². The van der Waals surface area contributed by atoms with E-state index >= 15 is 0 Å². The van der Waals surface area contributed by atoms with Crippen LogP contribution in [0.25, 0.3) is 16.8 Å². The number of hydrogen-bond acceptors (Lipinski definition) is 3. The first-order valence-corrected chi connectivity index (χ1v) is 7.75. The van der Waals surface area contributed by atoms with E-state index in [-0.39, 0.29) is 11.6 Å². The van der Waals surface area contributed by atoms with E-state index in [0.29, 0.717) is 11.9 Å². The summed E-state index contributed by atoms with van der Waals surface area (Å²) in [7, 11) is 0. The molecule has 2 heterocycles. The zero-order valence-electron chi connectivity index (χ0n) is 13.2. The van der Waals surface area contributed by atoms with E-state index in [0.717, 1.165) is 21.7 Å². The van der Waals surface area contributed by atoms with Crippen LogP contribution in [0, 0.1) is 13.8 Å². The fourth-order valence-corrected chi connectivity index (χ4v) is 3.13. The van der Waals surface area contributed by atoms with Crippen molar-refractivity contribution in [2.75, 3.05) is 0 Å². The molecule has 23 heavy (non-hydrogen) atoms. The zero-order valence-corrected chi connectivity index (χ0v) is 13.2. The van der Waals surface area contributed by atoms with Crippen LogP contribution in [0.3, 0.4) is 0 Å². The molecule has 0 saturated heterocycles. The number of fused-ring (bicyclic) bond motifs is 2. The Labute approximate surface area is 133 Å². The SMILES string of the molecule is Cc1ccc2c(c1)=NC(Cn1nc(C)c3ccccc3c1=O)C=2. The first-order chi connectivity index (χ1) is 11.1. The normalized spacial score (nSPS) is 16.0. The maximum atomic E-state index is 12.6. The molecule has 0 fully saturated rings. The molecular weight excluding hydrogens is 286 g/mol. The molecule has 0 amide bonds. The largest absolute Gasteiger partial charge is 0.275 e. The Morgan fingerprint density at radius 1 is 1.09 bits per heavy atom. The summed E-state index contributed by atoms with van der Waals surface area (Å²) in [6.45, 7) is 4.46. The van der Waals surface area contributed by atoms with Crippen LogP contribution < -0.4 is 16.1 Å². The first-order valence-electron chi connectivity index (χ1n) is 7.75. The van der Waals surface area contributed by atoms with Crippen LogP contribution in [0.15, 0.2) is 52.3 Å². The van der Waals surface area contributed by atoms with E-state index in [9.17, 15) is 4.79 Å². The second-order valence-electron chi connectivity index (χ2n) is 6.04. The van der Waals surface area contributed by atoms with Crippen LogP contribution in [0.2, 0.25) is 0 Å². The van der Waals surface area contributed by atoms with E-state index < -0.39 is 0 Å². The summed E-state index contributed by atoms with van der Waals surface area (Å²) in [5.74, 6) is 0. The predicted octanol–water partition coefficient (Wildman–Crippen LogP) is 1.50. The van der Waals surface area contributed by atoms with Gasteiger partial charge in [-0.25, -0.2) is 4.68 Å². The van der Waals surface area contributed by atoms with Crippen LogP contribution in [0.4, 0.5) is 0 Å². The fourth-order valence-electron chi connectivity index (χ4n) is 3.13. The summed E-state index contributed by atoms with van der Waals surface area (Å²) < 4.78 is 1.54. The van der Waals surface area contributed by atoms with Gasteiger partial charge in [0.25, 0.3) is 5.56 Å². The number of rotatable bonds is 2. The Morgan fingerprint density at radius 2 is 1.87 bits per heavy atom. The van der Waals surface area contributed by atoms with Crippen molar-refractivity contribution < 1.29 is 0 Å². The molecule has 1 unspecified atom stereocenters. The lowest BCUT2D eigenvalue weighted by atomic mass is 10.1. The first kappa shape index (κ1) is 13.9. The lowest BCUT2D eigenvalue weighted by Gasteiger charge is -2.10. The van der Waals surface area contributed by atoms with Crippen LogP contribution in [0.1, 0.15) is 11.3 Å². The number of benzene rings is 2. The second-order valence-corrected chi connectivity index (χ2v) is 6.04. The van der Waals surface area contributed by atoms with Gasteiger partial charge in [-0.05, 0) is 42.8 Å². The highest BCUT2D eigenvalue weighted by Crippen LogP contribution is 2.12. The molecule has 0 radical (unpaired) electrons. The van der Waals surface area contributed by atoms with Gasteiger partial charge in [-0.1, -0.05) is 30.3 Å². The zero-order chi connectivity index (χ0) is 16.0. The van der Waals surface area contributed by atoms with Crippen LogP contribution in [-0.2, 0) is 6.54 Å². The molecule has 0 bridgehead atoms. The van der Waals surface area contributed by atoms with Crippen LogP contribution >= 0.6 is 0 Å². The van der Waals surface area contributed by atoms with Crippen molar-refractivity contribution in [1.82, 2.24) is 9.78 Å². The average molecular weight is 303 g/mol. The molecule has 0 saturated carbocycles. The Kier molecular flexibility index (Phi) is 3.11. The lowest BCUT2D eigenvalue weighted by molar-refractivity contribution is 0.550. The van der Waals surface area contributed by atoms with Gasteiger partial charge < -0.3 is 0 Å². The minimum absolute atomic E-state index is 0.0439. The Morgan fingerprint density at radius 3 is 2.70 bits per heavy atom. The molecular formula is C19H17N3O. The highest BCUT2D eigenvalue weighted by Gasteiger charge is 2.13. The summed E-state index contributed by atoms with van der Waals surface area (Å²) in [6, 6.07) is 13.8. The summed E-state index contributed by atoms with van der Waals surface area (Å²) in [4.78, 5) is 17.3. The van der Waals surface area contributed by atoms with Crippen LogP contribution in [0.5, 0.6) is 0 Å². The van der Waals surface area contributed by atoms with Crippen molar-refractivity contribution in [1.29, 1.82) is 0 Å². The number of hydrogen-bond donors (Lipinski definition) is 0. The third-order valence-corrected chi connectivity index (χ3v) is 4.28. The van der Waals surface area contributed by atoms with E-state index in [1.54, 1.807) is 4.68 Å². The summed E-state index contributed by atoms with van der Waals surface area (Å²) in [5, 5.41) is 8.23. The maximum Gasteiger partial charge on any atom is 0.274 e. The second kappa shape index (κ2) is 5.16. The quantitative estimate of drug-likeness (QED) is 0.720. The van der Waals surface area contributed by atoms with Crippen molar-refractivity contribution in [3.8, 4) is 0 Å². The number of aryl methyl sites for hydroxylation is 2. The Hall–Kier alpha value is -2.75. The lowest BCUT2D eigenvalue weighted by Crippen LogP contribution is -2.28. The standard InChI is InChI=1S/C19H17N3O/c1-12-7-8-14-10-15(20-18(14)9-12)11-22-19(23)17-6-4-3-5-16(17)13(2)21-22/h3-10,15H,11H2,1-2H3. The van der Waals surface area contributed by atoms with Crippen molar-refractivity contribution in [3.05, 3.63) is 74.7 Å². The third-order valence-electron chi connectivity index (χ3n) is 4.28. The molecule has 0 N–H and O–H groups in total. The molecule has 114 valence electrons. The smallest absolute Gasteiger partial charge is 0.274 e. The van der Waals surface area contributed by atoms with Crippen LogP contribution in [-0.4, -0.2) is 15.8 Å². The molecule has 4 heteroatoms. The van der Waals surface area contributed by atoms with Gasteiger partial charge in [-0.2, -0.15) is 5.10 Å². The number of aromatic nitrogens is 2. The molecule has 0 aliphatic carbocycles. The predicted molar refractivity (Wildman–Crippen MR) is 91.0 cm³/mol. The molecule has 1 atom stereocenters. The third kappa shape index (κ3) is 2.36. The van der Waals surface area contributed by atoms with E-state index in [1.807, 2.05) is 31.2 Å². The molecule has 1 aromatic heterocycles. The highest BCUT2D eigenvalue weighted by atomic mass is 16.1. The van der Waals surface area contributed by atoms with Gasteiger partial charge in [0.15, 0.2) is 0 Å².